The van der Waals surface area contributed by atoms with E-state index in [9.17, 15) is 0 Å². The van der Waals surface area contributed by atoms with Crippen LogP contribution in [0.4, 0.5) is 5.69 Å². The number of ether oxygens (including phenoxy) is 2. The van der Waals surface area contributed by atoms with E-state index in [1.807, 2.05) is 24.3 Å². The second kappa shape index (κ2) is 4.97. The van der Waals surface area contributed by atoms with Crippen molar-refractivity contribution in [2.45, 2.75) is 0 Å². The normalized spacial score (nSPS) is 10.0. The van der Waals surface area contributed by atoms with E-state index in [2.05, 4.69) is 0 Å². The molecule has 0 radical (unpaired) electrons. The molecule has 0 aliphatic heterocycles. The van der Waals surface area contributed by atoms with Gasteiger partial charge in [-0.1, -0.05) is 23.7 Å². The van der Waals surface area contributed by atoms with Crippen LogP contribution in [-0.4, -0.2) is 7.11 Å². The topological polar surface area (TPSA) is 44.5 Å². The smallest absolute Gasteiger partial charge is 0.169 e. The molecule has 0 aliphatic rings. The molecule has 0 bridgehead atoms. The summed E-state index contributed by atoms with van der Waals surface area (Å²) in [6, 6.07) is 12.5. The minimum atomic E-state index is 0.489. The summed E-state index contributed by atoms with van der Waals surface area (Å²) in [5.74, 6) is 1.82. The molecule has 88 valence electrons. The van der Waals surface area contributed by atoms with Gasteiger partial charge < -0.3 is 15.2 Å². The maximum atomic E-state index is 5.82. The van der Waals surface area contributed by atoms with Crippen molar-refractivity contribution in [2.75, 3.05) is 12.8 Å². The number of methoxy groups -OCH3 is 1. The average Bonchev–Trinajstić information content (AvgIpc) is 2.33. The van der Waals surface area contributed by atoms with Crippen LogP contribution >= 0.6 is 11.6 Å². The molecule has 0 aliphatic carbocycles. The molecule has 0 saturated heterocycles. The Morgan fingerprint density at radius 2 is 1.71 bits per heavy atom. The summed E-state index contributed by atoms with van der Waals surface area (Å²) in [4.78, 5) is 0. The molecule has 0 spiro atoms. The highest BCUT2D eigenvalue weighted by molar-refractivity contribution is 6.30. The van der Waals surface area contributed by atoms with Gasteiger partial charge in [-0.05, 0) is 30.3 Å². The van der Waals surface area contributed by atoms with E-state index in [0.717, 1.165) is 0 Å². The largest absolute Gasteiger partial charge is 0.493 e. The number of benzene rings is 2. The molecular weight excluding hydrogens is 238 g/mol. The Kier molecular flexibility index (Phi) is 3.40. The Bertz CT molecular complexity index is 529. The first-order valence-electron chi connectivity index (χ1n) is 5.06. The Labute approximate surface area is 105 Å². The third-order valence-electron chi connectivity index (χ3n) is 2.26. The van der Waals surface area contributed by atoms with Gasteiger partial charge in [-0.2, -0.15) is 0 Å². The summed E-state index contributed by atoms with van der Waals surface area (Å²) in [5, 5.41) is 0.579. The van der Waals surface area contributed by atoms with E-state index in [1.165, 1.54) is 0 Å². The minimum Gasteiger partial charge on any atom is -0.493 e. The Balaban J connectivity index is 2.31. The van der Waals surface area contributed by atoms with Gasteiger partial charge >= 0.3 is 0 Å². The molecule has 0 fully saturated rings. The van der Waals surface area contributed by atoms with Gasteiger partial charge in [-0.15, -0.1) is 0 Å². The molecule has 0 heterocycles. The standard InChI is InChI=1S/C13H12ClNO2/c1-16-12-4-2-3-5-13(12)17-11-7-6-9(14)8-10(11)15/h2-8H,15H2,1H3. The van der Waals surface area contributed by atoms with Crippen molar-refractivity contribution >= 4 is 17.3 Å². The van der Waals surface area contributed by atoms with Crippen LogP contribution in [0.5, 0.6) is 17.2 Å². The lowest BCUT2D eigenvalue weighted by Gasteiger charge is -2.11. The van der Waals surface area contributed by atoms with Gasteiger partial charge in [0.25, 0.3) is 0 Å². The highest BCUT2D eigenvalue weighted by Gasteiger charge is 2.07. The lowest BCUT2D eigenvalue weighted by atomic mass is 10.3. The number of hydrogen-bond donors (Lipinski definition) is 1. The molecular formula is C13H12ClNO2. The molecule has 3 nitrogen and oxygen atoms in total. The lowest BCUT2D eigenvalue weighted by molar-refractivity contribution is 0.379. The number of para-hydroxylation sites is 2. The van der Waals surface area contributed by atoms with E-state index in [0.29, 0.717) is 28.0 Å². The van der Waals surface area contributed by atoms with Crippen LogP contribution in [0.1, 0.15) is 0 Å². The molecule has 0 atom stereocenters. The predicted octanol–water partition coefficient (Wildman–Crippen LogP) is 3.72. The number of rotatable bonds is 3. The van der Waals surface area contributed by atoms with Crippen LogP contribution in [-0.2, 0) is 0 Å². The fourth-order valence-corrected chi connectivity index (χ4v) is 1.61. The lowest BCUT2D eigenvalue weighted by Crippen LogP contribution is -1.94. The number of nitrogens with two attached hydrogens (primary N) is 1. The first-order valence-corrected chi connectivity index (χ1v) is 5.44. The van der Waals surface area contributed by atoms with Gasteiger partial charge in [-0.25, -0.2) is 0 Å². The van der Waals surface area contributed by atoms with Crippen LogP contribution in [0.25, 0.3) is 0 Å². The SMILES string of the molecule is COc1ccccc1Oc1ccc(Cl)cc1N. The van der Waals surface area contributed by atoms with Crippen LogP contribution in [0.2, 0.25) is 5.02 Å². The minimum absolute atomic E-state index is 0.489. The molecule has 0 aromatic heterocycles. The first-order chi connectivity index (χ1) is 8.20. The summed E-state index contributed by atoms with van der Waals surface area (Å²) in [7, 11) is 1.59. The molecule has 4 heteroatoms. The van der Waals surface area contributed by atoms with E-state index in [4.69, 9.17) is 26.8 Å². The van der Waals surface area contributed by atoms with Crippen LogP contribution < -0.4 is 15.2 Å². The number of hydrogen-bond acceptors (Lipinski definition) is 3. The van der Waals surface area contributed by atoms with E-state index in [1.54, 1.807) is 25.3 Å². The average molecular weight is 250 g/mol. The van der Waals surface area contributed by atoms with Crippen molar-refractivity contribution in [3.05, 3.63) is 47.5 Å². The number of anilines is 1. The van der Waals surface area contributed by atoms with Gasteiger partial charge in [0.2, 0.25) is 0 Å². The van der Waals surface area contributed by atoms with Crippen molar-refractivity contribution in [3.63, 3.8) is 0 Å². The molecule has 2 aromatic rings. The summed E-state index contributed by atoms with van der Waals surface area (Å²) in [6.45, 7) is 0. The fourth-order valence-electron chi connectivity index (χ4n) is 1.43. The molecule has 0 saturated carbocycles. The van der Waals surface area contributed by atoms with Gasteiger partial charge in [0.05, 0.1) is 12.8 Å². The summed E-state index contributed by atoms with van der Waals surface area (Å²) in [6.07, 6.45) is 0. The maximum Gasteiger partial charge on any atom is 0.169 e. The highest BCUT2D eigenvalue weighted by Crippen LogP contribution is 2.34. The summed E-state index contributed by atoms with van der Waals surface area (Å²) in [5.41, 5.74) is 6.30. The van der Waals surface area contributed by atoms with Gasteiger partial charge in [0.1, 0.15) is 0 Å². The zero-order chi connectivity index (χ0) is 12.3. The molecule has 2 aromatic carbocycles. The van der Waals surface area contributed by atoms with E-state index < -0.39 is 0 Å². The zero-order valence-corrected chi connectivity index (χ0v) is 10.1. The Morgan fingerprint density at radius 3 is 2.35 bits per heavy atom. The molecule has 0 amide bonds. The maximum absolute atomic E-state index is 5.82. The van der Waals surface area contributed by atoms with Gasteiger partial charge in [0.15, 0.2) is 17.2 Å². The third-order valence-corrected chi connectivity index (χ3v) is 2.50. The van der Waals surface area contributed by atoms with E-state index in [-0.39, 0.29) is 0 Å². The summed E-state index contributed by atoms with van der Waals surface area (Å²) < 4.78 is 10.9. The van der Waals surface area contributed by atoms with Crippen molar-refractivity contribution < 1.29 is 9.47 Å². The second-order valence-electron chi connectivity index (χ2n) is 3.44. The Hall–Kier alpha value is -1.87. The van der Waals surface area contributed by atoms with Crippen LogP contribution in [0.3, 0.4) is 0 Å². The van der Waals surface area contributed by atoms with Crippen LogP contribution in [0, 0.1) is 0 Å². The van der Waals surface area contributed by atoms with Gasteiger partial charge in [-0.3, -0.25) is 0 Å². The highest BCUT2D eigenvalue weighted by atomic mass is 35.5. The second-order valence-corrected chi connectivity index (χ2v) is 3.87. The zero-order valence-electron chi connectivity index (χ0n) is 9.31. The molecule has 2 N–H and O–H groups in total. The molecule has 0 unspecified atom stereocenters. The Morgan fingerprint density at radius 1 is 1.00 bits per heavy atom. The van der Waals surface area contributed by atoms with Crippen molar-refractivity contribution in [3.8, 4) is 17.2 Å². The van der Waals surface area contributed by atoms with Crippen molar-refractivity contribution in [2.24, 2.45) is 0 Å². The van der Waals surface area contributed by atoms with Crippen molar-refractivity contribution in [1.29, 1.82) is 0 Å². The van der Waals surface area contributed by atoms with E-state index >= 15 is 0 Å². The number of halogens is 1. The summed E-state index contributed by atoms with van der Waals surface area (Å²) >= 11 is 5.82. The predicted molar refractivity (Wildman–Crippen MR) is 68.9 cm³/mol. The first kappa shape index (κ1) is 11.6. The quantitative estimate of drug-likeness (QED) is 0.843. The monoisotopic (exact) mass is 249 g/mol. The number of nitrogen functional groups attached to an aromatic ring is 1. The molecule has 2 rings (SSSR count). The third kappa shape index (κ3) is 2.63. The fraction of sp³-hybridized carbons (Fsp3) is 0.0769. The van der Waals surface area contributed by atoms with Crippen LogP contribution in [0.15, 0.2) is 42.5 Å². The van der Waals surface area contributed by atoms with Gasteiger partial charge in [0, 0.05) is 5.02 Å². The van der Waals surface area contributed by atoms with Crippen molar-refractivity contribution in [1.82, 2.24) is 0 Å². The molecule has 17 heavy (non-hydrogen) atoms.